The van der Waals surface area contributed by atoms with E-state index in [1.54, 1.807) is 13.2 Å². The van der Waals surface area contributed by atoms with Crippen molar-refractivity contribution in [3.63, 3.8) is 0 Å². The summed E-state index contributed by atoms with van der Waals surface area (Å²) >= 11 is 0. The molecule has 1 N–H and O–H groups in total. The normalized spacial score (nSPS) is 10.4. The van der Waals surface area contributed by atoms with E-state index < -0.39 is 12.5 Å². The topological polar surface area (TPSA) is 47.6 Å². The molecule has 0 spiro atoms. The zero-order valence-corrected chi connectivity index (χ0v) is 12.6. The van der Waals surface area contributed by atoms with Gasteiger partial charge in [0, 0.05) is 6.54 Å². The molecule has 0 aromatic heterocycles. The first-order valence-electron chi connectivity index (χ1n) is 7.05. The lowest BCUT2D eigenvalue weighted by atomic mass is 10.1. The second kappa shape index (κ2) is 8.12. The van der Waals surface area contributed by atoms with E-state index in [-0.39, 0.29) is 11.3 Å². The molecule has 2 aromatic rings. The van der Waals surface area contributed by atoms with Crippen molar-refractivity contribution in [1.29, 1.82) is 0 Å². The Balaban J connectivity index is 1.91. The van der Waals surface area contributed by atoms with Gasteiger partial charge in [0.05, 0.1) is 12.7 Å². The molecule has 6 heteroatoms. The van der Waals surface area contributed by atoms with E-state index in [2.05, 4.69) is 10.1 Å². The van der Waals surface area contributed by atoms with Crippen LogP contribution in [0.2, 0.25) is 0 Å². The largest absolute Gasteiger partial charge is 0.497 e. The third-order valence-electron chi connectivity index (χ3n) is 3.21. The summed E-state index contributed by atoms with van der Waals surface area (Å²) in [5.41, 5.74) is 1.12. The van der Waals surface area contributed by atoms with Gasteiger partial charge in [0.15, 0.2) is 0 Å². The molecule has 0 radical (unpaired) electrons. The van der Waals surface area contributed by atoms with Gasteiger partial charge in [0.25, 0.3) is 5.91 Å². The lowest BCUT2D eigenvalue weighted by Crippen LogP contribution is -2.26. The number of alkyl halides is 2. The fourth-order valence-electron chi connectivity index (χ4n) is 2.06. The monoisotopic (exact) mass is 321 g/mol. The number of halogens is 2. The maximum Gasteiger partial charge on any atom is 0.387 e. The van der Waals surface area contributed by atoms with Crippen molar-refractivity contribution in [3.8, 4) is 11.5 Å². The van der Waals surface area contributed by atoms with Crippen LogP contribution in [0.1, 0.15) is 15.9 Å². The van der Waals surface area contributed by atoms with Gasteiger partial charge < -0.3 is 14.8 Å². The van der Waals surface area contributed by atoms with Crippen molar-refractivity contribution < 1.29 is 23.0 Å². The molecule has 0 bridgehead atoms. The van der Waals surface area contributed by atoms with Crippen molar-refractivity contribution in [2.45, 2.75) is 13.0 Å². The van der Waals surface area contributed by atoms with Crippen LogP contribution in [0.3, 0.4) is 0 Å². The Bertz CT molecular complexity index is 645. The summed E-state index contributed by atoms with van der Waals surface area (Å²) in [5, 5.41) is 2.69. The van der Waals surface area contributed by atoms with Gasteiger partial charge in [-0.1, -0.05) is 24.3 Å². The summed E-state index contributed by atoms with van der Waals surface area (Å²) in [4.78, 5) is 12.1. The first-order valence-corrected chi connectivity index (χ1v) is 7.05. The van der Waals surface area contributed by atoms with Crippen LogP contribution < -0.4 is 14.8 Å². The van der Waals surface area contributed by atoms with Gasteiger partial charge in [-0.3, -0.25) is 4.79 Å². The Morgan fingerprint density at radius 1 is 1.13 bits per heavy atom. The highest BCUT2D eigenvalue weighted by atomic mass is 19.3. The quantitative estimate of drug-likeness (QED) is 0.851. The van der Waals surface area contributed by atoms with Crippen molar-refractivity contribution in [2.75, 3.05) is 13.7 Å². The SMILES string of the molecule is COc1ccc(CCNC(=O)c2ccccc2OC(F)F)cc1. The number of rotatable bonds is 7. The number of para-hydroxylation sites is 1. The fourth-order valence-corrected chi connectivity index (χ4v) is 2.06. The van der Waals surface area contributed by atoms with E-state index in [1.807, 2.05) is 24.3 Å². The molecular weight excluding hydrogens is 304 g/mol. The van der Waals surface area contributed by atoms with Crippen LogP contribution in [0.15, 0.2) is 48.5 Å². The molecule has 122 valence electrons. The maximum atomic E-state index is 12.3. The minimum absolute atomic E-state index is 0.0857. The number of carbonyl (C=O) groups is 1. The van der Waals surface area contributed by atoms with E-state index in [1.165, 1.54) is 18.2 Å². The Labute approximate surface area is 133 Å². The van der Waals surface area contributed by atoms with Crippen LogP contribution in [-0.4, -0.2) is 26.2 Å². The van der Waals surface area contributed by atoms with Crippen molar-refractivity contribution in [2.24, 2.45) is 0 Å². The van der Waals surface area contributed by atoms with Crippen LogP contribution in [0.5, 0.6) is 11.5 Å². The summed E-state index contributed by atoms with van der Waals surface area (Å²) < 4.78 is 34.1. The van der Waals surface area contributed by atoms with Crippen LogP contribution in [0, 0.1) is 0 Å². The molecule has 2 rings (SSSR count). The Kier molecular flexibility index (Phi) is 5.91. The Morgan fingerprint density at radius 3 is 2.48 bits per heavy atom. The number of hydrogen-bond acceptors (Lipinski definition) is 3. The Hall–Kier alpha value is -2.63. The first-order chi connectivity index (χ1) is 11.1. The third-order valence-corrected chi connectivity index (χ3v) is 3.21. The van der Waals surface area contributed by atoms with E-state index in [9.17, 15) is 13.6 Å². The Morgan fingerprint density at radius 2 is 1.83 bits per heavy atom. The molecule has 2 aromatic carbocycles. The number of amides is 1. The molecule has 0 aliphatic heterocycles. The van der Waals surface area contributed by atoms with E-state index in [0.717, 1.165) is 11.3 Å². The first kappa shape index (κ1) is 16.7. The molecule has 0 aliphatic rings. The third kappa shape index (κ3) is 4.95. The van der Waals surface area contributed by atoms with Crippen LogP contribution in [0.25, 0.3) is 0 Å². The minimum Gasteiger partial charge on any atom is -0.497 e. The van der Waals surface area contributed by atoms with Gasteiger partial charge >= 0.3 is 6.61 Å². The molecule has 0 saturated heterocycles. The smallest absolute Gasteiger partial charge is 0.387 e. The molecule has 4 nitrogen and oxygen atoms in total. The number of carbonyl (C=O) groups excluding carboxylic acids is 1. The van der Waals surface area contributed by atoms with E-state index in [0.29, 0.717) is 13.0 Å². The zero-order valence-electron chi connectivity index (χ0n) is 12.6. The minimum atomic E-state index is -2.97. The maximum absolute atomic E-state index is 12.3. The standard InChI is InChI=1S/C17H17F2NO3/c1-22-13-8-6-12(7-9-13)10-11-20-16(21)14-4-2-3-5-15(14)23-17(18)19/h2-9,17H,10-11H2,1H3,(H,20,21). The van der Waals surface area contributed by atoms with Gasteiger partial charge in [-0.2, -0.15) is 8.78 Å². The second-order valence-electron chi connectivity index (χ2n) is 4.73. The highest BCUT2D eigenvalue weighted by molar-refractivity contribution is 5.96. The summed E-state index contributed by atoms with van der Waals surface area (Å²) in [6.45, 7) is -2.59. The molecule has 0 atom stereocenters. The number of nitrogens with one attached hydrogen (secondary N) is 1. The molecule has 23 heavy (non-hydrogen) atoms. The van der Waals surface area contributed by atoms with Crippen LogP contribution in [0.4, 0.5) is 8.78 Å². The summed E-state index contributed by atoms with van der Waals surface area (Å²) in [5.74, 6) is 0.176. The average Bonchev–Trinajstić information content (AvgIpc) is 2.55. The molecule has 0 aliphatic carbocycles. The van der Waals surface area contributed by atoms with Gasteiger partial charge in [0.2, 0.25) is 0 Å². The van der Waals surface area contributed by atoms with Crippen LogP contribution in [-0.2, 0) is 6.42 Å². The molecule has 0 unspecified atom stereocenters. The van der Waals surface area contributed by atoms with Crippen molar-refractivity contribution in [3.05, 3.63) is 59.7 Å². The number of ether oxygens (including phenoxy) is 2. The zero-order chi connectivity index (χ0) is 16.7. The molecule has 0 fully saturated rings. The number of benzene rings is 2. The second-order valence-corrected chi connectivity index (χ2v) is 4.73. The number of hydrogen-bond donors (Lipinski definition) is 1. The highest BCUT2D eigenvalue weighted by Crippen LogP contribution is 2.20. The molecule has 0 saturated carbocycles. The molecular formula is C17H17F2NO3. The predicted molar refractivity (Wildman–Crippen MR) is 82.1 cm³/mol. The summed E-state index contributed by atoms with van der Waals surface area (Å²) in [7, 11) is 1.59. The van der Waals surface area contributed by atoms with E-state index in [4.69, 9.17) is 4.74 Å². The van der Waals surface area contributed by atoms with E-state index >= 15 is 0 Å². The van der Waals surface area contributed by atoms with Crippen molar-refractivity contribution >= 4 is 5.91 Å². The predicted octanol–water partition coefficient (Wildman–Crippen LogP) is 3.27. The molecule has 0 heterocycles. The lowest BCUT2D eigenvalue weighted by Gasteiger charge is -2.11. The van der Waals surface area contributed by atoms with Gasteiger partial charge in [-0.15, -0.1) is 0 Å². The molecule has 1 amide bonds. The highest BCUT2D eigenvalue weighted by Gasteiger charge is 2.14. The van der Waals surface area contributed by atoms with Crippen LogP contribution >= 0.6 is 0 Å². The van der Waals surface area contributed by atoms with Gasteiger partial charge in [-0.05, 0) is 36.2 Å². The van der Waals surface area contributed by atoms with Crippen molar-refractivity contribution in [1.82, 2.24) is 5.32 Å². The average molecular weight is 321 g/mol. The summed E-state index contributed by atoms with van der Waals surface area (Å²) in [6.07, 6.45) is 0.619. The van der Waals surface area contributed by atoms with Gasteiger partial charge in [0.1, 0.15) is 11.5 Å². The number of methoxy groups -OCH3 is 1. The van der Waals surface area contributed by atoms with Gasteiger partial charge in [-0.25, -0.2) is 0 Å². The fraction of sp³-hybridized carbons (Fsp3) is 0.235. The lowest BCUT2D eigenvalue weighted by molar-refractivity contribution is -0.0501. The summed E-state index contributed by atoms with van der Waals surface area (Å²) in [6, 6.07) is 13.4.